The summed E-state index contributed by atoms with van der Waals surface area (Å²) in [5, 5.41) is 1.75. The van der Waals surface area contributed by atoms with Gasteiger partial charge in [-0.25, -0.2) is 0 Å². The van der Waals surface area contributed by atoms with E-state index in [1.54, 1.807) is 0 Å². The predicted molar refractivity (Wildman–Crippen MR) is 107 cm³/mol. The van der Waals surface area contributed by atoms with Crippen molar-refractivity contribution in [2.75, 3.05) is 6.16 Å². The van der Waals surface area contributed by atoms with Crippen LogP contribution in [0.3, 0.4) is 0 Å². The van der Waals surface area contributed by atoms with E-state index in [1.807, 2.05) is 60.7 Å². The zero-order chi connectivity index (χ0) is 17.7. The molecule has 3 rings (SSSR count). The largest absolute Gasteiger partial charge is 0.327 e. The Hall–Kier alpha value is -2.15. The van der Waals surface area contributed by atoms with Gasteiger partial charge >= 0.3 is 0 Å². The van der Waals surface area contributed by atoms with Gasteiger partial charge in [0, 0.05) is 22.8 Å². The average molecular weight is 349 g/mol. The van der Waals surface area contributed by atoms with Crippen LogP contribution in [0.4, 0.5) is 0 Å². The molecule has 0 heterocycles. The molecule has 0 saturated carbocycles. The maximum absolute atomic E-state index is 14.0. The molecule has 1 unspecified atom stereocenters. The molecule has 0 amide bonds. The normalized spacial score (nSPS) is 12.7. The third-order valence-electron chi connectivity index (χ3n) is 4.46. The lowest BCUT2D eigenvalue weighted by molar-refractivity contribution is 0.581. The van der Waals surface area contributed by atoms with Crippen LogP contribution in [0.15, 0.2) is 84.9 Å². The molecule has 0 saturated heterocycles. The summed E-state index contributed by atoms with van der Waals surface area (Å²) in [6.45, 7) is 2.07. The number of hydrogen-bond acceptors (Lipinski definition) is 2. The third kappa shape index (κ3) is 4.28. The first-order chi connectivity index (χ1) is 12.1. The highest BCUT2D eigenvalue weighted by Crippen LogP contribution is 2.43. The van der Waals surface area contributed by atoms with Gasteiger partial charge in [0.15, 0.2) is 0 Å². The number of nitrogens with two attached hydrogens (primary N) is 1. The quantitative estimate of drug-likeness (QED) is 0.686. The van der Waals surface area contributed by atoms with E-state index in [1.165, 1.54) is 11.1 Å². The van der Waals surface area contributed by atoms with Crippen molar-refractivity contribution in [3.05, 3.63) is 96.1 Å². The van der Waals surface area contributed by atoms with E-state index in [2.05, 4.69) is 31.2 Å². The average Bonchev–Trinajstić information content (AvgIpc) is 2.65. The topological polar surface area (TPSA) is 43.1 Å². The number of hydrogen-bond donors (Lipinski definition) is 1. The Morgan fingerprint density at radius 1 is 0.800 bits per heavy atom. The van der Waals surface area contributed by atoms with Crippen LogP contribution < -0.4 is 16.3 Å². The molecular formula is C22H24NOP. The molecule has 0 spiro atoms. The van der Waals surface area contributed by atoms with Crippen molar-refractivity contribution >= 4 is 17.8 Å². The Bertz CT molecular complexity index is 801. The van der Waals surface area contributed by atoms with Gasteiger partial charge in [-0.3, -0.25) is 0 Å². The van der Waals surface area contributed by atoms with Crippen LogP contribution in [-0.4, -0.2) is 12.2 Å². The smallest absolute Gasteiger partial charge is 0.144 e. The Morgan fingerprint density at radius 2 is 1.28 bits per heavy atom. The number of rotatable bonds is 6. The Kier molecular flexibility index (Phi) is 5.53. The van der Waals surface area contributed by atoms with Gasteiger partial charge in [-0.1, -0.05) is 90.5 Å². The zero-order valence-electron chi connectivity index (χ0n) is 14.5. The minimum absolute atomic E-state index is 0.158. The molecule has 3 heteroatoms. The molecule has 2 nitrogen and oxygen atoms in total. The first kappa shape index (κ1) is 17.7. The lowest BCUT2D eigenvalue weighted by Crippen LogP contribution is -2.32. The van der Waals surface area contributed by atoms with Crippen molar-refractivity contribution in [3.8, 4) is 0 Å². The fraction of sp³-hybridized carbons (Fsp3) is 0.182. The van der Waals surface area contributed by atoms with Crippen LogP contribution in [0.25, 0.3) is 0 Å². The van der Waals surface area contributed by atoms with Crippen LogP contribution >= 0.6 is 7.14 Å². The molecule has 3 aromatic carbocycles. The van der Waals surface area contributed by atoms with Crippen LogP contribution in [-0.2, 0) is 11.0 Å². The van der Waals surface area contributed by atoms with Gasteiger partial charge in [0.05, 0.1) is 0 Å². The van der Waals surface area contributed by atoms with Crippen molar-refractivity contribution < 1.29 is 4.57 Å². The number of aryl methyl sites for hydroxylation is 1. The maximum Gasteiger partial charge on any atom is 0.144 e. The summed E-state index contributed by atoms with van der Waals surface area (Å²) in [6.07, 6.45) is 1.19. The molecule has 2 N–H and O–H groups in total. The minimum atomic E-state index is -2.75. The monoisotopic (exact) mass is 349 g/mol. The molecule has 128 valence electrons. The first-order valence-electron chi connectivity index (χ1n) is 8.59. The van der Waals surface area contributed by atoms with Gasteiger partial charge in [0.25, 0.3) is 0 Å². The summed E-state index contributed by atoms with van der Waals surface area (Å²) in [5.74, 6) is 0. The van der Waals surface area contributed by atoms with Crippen LogP contribution in [0.1, 0.15) is 11.1 Å². The molecule has 25 heavy (non-hydrogen) atoms. The van der Waals surface area contributed by atoms with Crippen molar-refractivity contribution in [3.63, 3.8) is 0 Å². The van der Waals surface area contributed by atoms with Crippen molar-refractivity contribution in [2.24, 2.45) is 5.73 Å². The molecule has 3 aromatic rings. The Labute approximate surface area is 150 Å². The predicted octanol–water partition coefficient (Wildman–Crippen LogP) is 3.88. The summed E-state index contributed by atoms with van der Waals surface area (Å²) < 4.78 is 14.0. The fourth-order valence-corrected chi connectivity index (χ4v) is 5.94. The van der Waals surface area contributed by atoms with E-state index >= 15 is 0 Å². The summed E-state index contributed by atoms with van der Waals surface area (Å²) >= 11 is 0. The zero-order valence-corrected chi connectivity index (χ0v) is 15.4. The molecule has 0 fully saturated rings. The maximum atomic E-state index is 14.0. The van der Waals surface area contributed by atoms with E-state index in [4.69, 9.17) is 5.73 Å². The molecule has 0 aromatic heterocycles. The lowest BCUT2D eigenvalue weighted by atomic mass is 10.1. The van der Waals surface area contributed by atoms with E-state index in [0.717, 1.165) is 17.0 Å². The highest BCUT2D eigenvalue weighted by molar-refractivity contribution is 7.78. The SMILES string of the molecule is Cc1ccc(CC(N)CP(=O)(c2ccccc2)c2ccccc2)cc1. The van der Waals surface area contributed by atoms with E-state index in [9.17, 15) is 4.57 Å². The third-order valence-corrected chi connectivity index (χ3v) is 7.70. The van der Waals surface area contributed by atoms with Gasteiger partial charge in [0.1, 0.15) is 7.14 Å². The number of benzene rings is 3. The molecule has 0 aliphatic heterocycles. The summed E-state index contributed by atoms with van der Waals surface area (Å²) in [4.78, 5) is 0. The summed E-state index contributed by atoms with van der Waals surface area (Å²) in [5.41, 5.74) is 8.85. The van der Waals surface area contributed by atoms with E-state index in [0.29, 0.717) is 6.16 Å². The molecule has 0 aliphatic carbocycles. The Balaban J connectivity index is 1.88. The van der Waals surface area contributed by atoms with Crippen molar-refractivity contribution in [1.29, 1.82) is 0 Å². The highest BCUT2D eigenvalue weighted by atomic mass is 31.2. The van der Waals surface area contributed by atoms with E-state index in [-0.39, 0.29) is 6.04 Å². The molecule has 1 atom stereocenters. The van der Waals surface area contributed by atoms with E-state index < -0.39 is 7.14 Å². The van der Waals surface area contributed by atoms with Crippen LogP contribution in [0, 0.1) is 6.92 Å². The van der Waals surface area contributed by atoms with Gasteiger partial charge in [-0.15, -0.1) is 0 Å². The summed E-state index contributed by atoms with van der Waals surface area (Å²) in [7, 11) is -2.75. The second kappa shape index (κ2) is 7.82. The molecule has 0 bridgehead atoms. The minimum Gasteiger partial charge on any atom is -0.327 e. The lowest BCUT2D eigenvalue weighted by Gasteiger charge is -2.23. The fourth-order valence-electron chi connectivity index (χ4n) is 3.12. The standard InChI is InChI=1S/C22H24NOP/c1-18-12-14-19(15-13-18)16-20(23)17-25(24,21-8-4-2-5-9-21)22-10-6-3-7-11-22/h2-15,20H,16-17,23H2,1H3. The second-order valence-electron chi connectivity index (χ2n) is 6.54. The Morgan fingerprint density at radius 3 is 1.76 bits per heavy atom. The van der Waals surface area contributed by atoms with Gasteiger partial charge < -0.3 is 10.3 Å². The van der Waals surface area contributed by atoms with Crippen LogP contribution in [0.2, 0.25) is 0 Å². The van der Waals surface area contributed by atoms with Crippen molar-refractivity contribution in [1.82, 2.24) is 0 Å². The molecular weight excluding hydrogens is 325 g/mol. The van der Waals surface area contributed by atoms with Gasteiger partial charge in [-0.05, 0) is 18.9 Å². The second-order valence-corrected chi connectivity index (χ2v) is 9.42. The summed E-state index contributed by atoms with van der Waals surface area (Å²) in [6, 6.07) is 27.7. The first-order valence-corrected chi connectivity index (χ1v) is 10.5. The van der Waals surface area contributed by atoms with Gasteiger partial charge in [0.2, 0.25) is 0 Å². The molecule has 0 radical (unpaired) electrons. The van der Waals surface area contributed by atoms with Crippen LogP contribution in [0.5, 0.6) is 0 Å². The van der Waals surface area contributed by atoms with Gasteiger partial charge in [-0.2, -0.15) is 0 Å². The highest BCUT2D eigenvalue weighted by Gasteiger charge is 2.29. The van der Waals surface area contributed by atoms with Crippen molar-refractivity contribution in [2.45, 2.75) is 19.4 Å². The molecule has 0 aliphatic rings.